The van der Waals surface area contributed by atoms with E-state index in [2.05, 4.69) is 22.3 Å². The van der Waals surface area contributed by atoms with Crippen molar-refractivity contribution in [1.82, 2.24) is 10.2 Å². The van der Waals surface area contributed by atoms with E-state index < -0.39 is 0 Å². The molecule has 4 aromatic rings. The molecule has 1 N–H and O–H groups in total. The van der Waals surface area contributed by atoms with Crippen LogP contribution in [0.2, 0.25) is 0 Å². The summed E-state index contributed by atoms with van der Waals surface area (Å²) in [5, 5.41) is 5.38. The van der Waals surface area contributed by atoms with E-state index in [1.165, 1.54) is 24.5 Å². The molecule has 2 saturated heterocycles. The molecule has 0 aromatic heterocycles. The average molecular weight is 465 g/mol. The van der Waals surface area contributed by atoms with Gasteiger partial charge in [0, 0.05) is 30.2 Å². The van der Waals surface area contributed by atoms with E-state index in [9.17, 15) is 9.18 Å². The number of piperidine rings is 1. The van der Waals surface area contributed by atoms with Crippen molar-refractivity contribution in [1.29, 1.82) is 0 Å². The standard InChI is InChI=1S/C31H29FN2O/c32-25-13-12-23-16-21(10-11-24(23)17-25)20-34-27-14-15-28(34)19-26(18-27)33-31(35)30-9-5-4-8-29(30)22-6-2-1-3-7-22/h1-13,16-17,26-28H,14-15,18-20H2,(H,33,35)/t26?,27-,28+. The highest BCUT2D eigenvalue weighted by atomic mass is 19.1. The first kappa shape index (κ1) is 22.0. The van der Waals surface area contributed by atoms with E-state index in [-0.39, 0.29) is 17.8 Å². The Bertz CT molecular complexity index is 1360. The molecule has 3 atom stereocenters. The van der Waals surface area contributed by atoms with Crippen LogP contribution in [0.1, 0.15) is 41.6 Å². The van der Waals surface area contributed by atoms with Gasteiger partial charge in [0.05, 0.1) is 0 Å². The van der Waals surface area contributed by atoms with Crippen LogP contribution < -0.4 is 5.32 Å². The highest BCUT2D eigenvalue weighted by Crippen LogP contribution is 2.37. The number of benzene rings is 4. The zero-order chi connectivity index (χ0) is 23.8. The molecule has 0 radical (unpaired) electrons. The van der Waals surface area contributed by atoms with Gasteiger partial charge in [-0.05, 0) is 77.4 Å². The van der Waals surface area contributed by atoms with Crippen molar-refractivity contribution in [3.8, 4) is 11.1 Å². The second-order valence-electron chi connectivity index (χ2n) is 9.94. The maximum atomic E-state index is 13.5. The molecular formula is C31H29FN2O. The largest absolute Gasteiger partial charge is 0.349 e. The zero-order valence-electron chi connectivity index (χ0n) is 19.7. The predicted octanol–water partition coefficient (Wildman–Crippen LogP) is 6.57. The van der Waals surface area contributed by atoms with Gasteiger partial charge in [-0.3, -0.25) is 9.69 Å². The summed E-state index contributed by atoms with van der Waals surface area (Å²) in [6.07, 6.45) is 4.32. The van der Waals surface area contributed by atoms with E-state index in [1.54, 1.807) is 6.07 Å². The molecule has 0 spiro atoms. The summed E-state index contributed by atoms with van der Waals surface area (Å²) in [6, 6.07) is 30.4. The summed E-state index contributed by atoms with van der Waals surface area (Å²) in [6.45, 7) is 0.903. The van der Waals surface area contributed by atoms with Gasteiger partial charge in [-0.1, -0.05) is 66.7 Å². The van der Waals surface area contributed by atoms with Crippen LogP contribution in [0.5, 0.6) is 0 Å². The topological polar surface area (TPSA) is 32.3 Å². The fraction of sp³-hybridized carbons (Fsp3) is 0.258. The molecule has 4 aromatic carbocycles. The Morgan fingerprint density at radius 2 is 1.51 bits per heavy atom. The van der Waals surface area contributed by atoms with Gasteiger partial charge in [-0.2, -0.15) is 0 Å². The molecule has 1 unspecified atom stereocenters. The minimum Gasteiger partial charge on any atom is -0.349 e. The Hall–Kier alpha value is -3.50. The number of amides is 1. The number of fused-ring (bicyclic) bond motifs is 3. The smallest absolute Gasteiger partial charge is 0.252 e. The highest BCUT2D eigenvalue weighted by molar-refractivity contribution is 6.01. The van der Waals surface area contributed by atoms with Crippen molar-refractivity contribution < 1.29 is 9.18 Å². The summed E-state index contributed by atoms with van der Waals surface area (Å²) >= 11 is 0. The molecule has 2 bridgehead atoms. The molecule has 1 amide bonds. The highest BCUT2D eigenvalue weighted by Gasteiger charge is 2.41. The van der Waals surface area contributed by atoms with Crippen molar-refractivity contribution in [2.24, 2.45) is 0 Å². The Labute approximate surface area is 205 Å². The van der Waals surface area contributed by atoms with Crippen LogP contribution in [0.4, 0.5) is 4.39 Å². The van der Waals surface area contributed by atoms with Crippen LogP contribution >= 0.6 is 0 Å². The SMILES string of the molecule is O=C(NC1C[C@H]2CC[C@@H](C1)N2Cc1ccc2cc(F)ccc2c1)c1ccccc1-c1ccccc1. The summed E-state index contributed by atoms with van der Waals surface area (Å²) in [4.78, 5) is 15.9. The van der Waals surface area contributed by atoms with Crippen molar-refractivity contribution in [3.63, 3.8) is 0 Å². The molecule has 2 heterocycles. The maximum absolute atomic E-state index is 13.5. The van der Waals surface area contributed by atoms with Crippen LogP contribution in [0.15, 0.2) is 91.0 Å². The fourth-order valence-corrected chi connectivity index (χ4v) is 6.04. The second kappa shape index (κ2) is 9.27. The van der Waals surface area contributed by atoms with Gasteiger partial charge in [0.15, 0.2) is 0 Å². The third-order valence-electron chi connectivity index (χ3n) is 7.71. The molecule has 0 saturated carbocycles. The molecule has 2 fully saturated rings. The molecule has 3 nitrogen and oxygen atoms in total. The maximum Gasteiger partial charge on any atom is 0.252 e. The number of carbonyl (C=O) groups excluding carboxylic acids is 1. The lowest BCUT2D eigenvalue weighted by atomic mass is 9.94. The van der Waals surface area contributed by atoms with Crippen molar-refractivity contribution in [2.75, 3.05) is 0 Å². The Kier molecular flexibility index (Phi) is 5.83. The van der Waals surface area contributed by atoms with Crippen molar-refractivity contribution in [3.05, 3.63) is 108 Å². The number of nitrogens with one attached hydrogen (secondary N) is 1. The van der Waals surface area contributed by atoms with Crippen molar-refractivity contribution >= 4 is 16.7 Å². The van der Waals surface area contributed by atoms with Crippen LogP contribution in [0.3, 0.4) is 0 Å². The lowest BCUT2D eigenvalue weighted by Crippen LogP contribution is -2.50. The molecule has 2 aliphatic rings. The van der Waals surface area contributed by atoms with Crippen LogP contribution in [-0.4, -0.2) is 28.9 Å². The molecule has 2 aliphatic heterocycles. The Morgan fingerprint density at radius 3 is 2.31 bits per heavy atom. The molecule has 6 rings (SSSR count). The minimum absolute atomic E-state index is 0.0177. The van der Waals surface area contributed by atoms with Gasteiger partial charge in [0.1, 0.15) is 5.82 Å². The van der Waals surface area contributed by atoms with E-state index in [0.29, 0.717) is 12.1 Å². The quantitative estimate of drug-likeness (QED) is 0.362. The number of halogens is 1. The summed E-state index contributed by atoms with van der Waals surface area (Å²) in [5.74, 6) is -0.178. The molecule has 35 heavy (non-hydrogen) atoms. The summed E-state index contributed by atoms with van der Waals surface area (Å²) in [5.41, 5.74) is 4.04. The third kappa shape index (κ3) is 4.46. The molecular weight excluding hydrogens is 435 g/mol. The number of carbonyl (C=O) groups is 1. The third-order valence-corrected chi connectivity index (χ3v) is 7.71. The monoisotopic (exact) mass is 464 g/mol. The lowest BCUT2D eigenvalue weighted by Gasteiger charge is -2.39. The van der Waals surface area contributed by atoms with E-state index in [0.717, 1.165) is 46.8 Å². The first-order chi connectivity index (χ1) is 17.1. The van der Waals surface area contributed by atoms with Crippen LogP contribution in [0.25, 0.3) is 21.9 Å². The van der Waals surface area contributed by atoms with Gasteiger partial charge in [-0.15, -0.1) is 0 Å². The van der Waals surface area contributed by atoms with Gasteiger partial charge >= 0.3 is 0 Å². The second-order valence-corrected chi connectivity index (χ2v) is 9.94. The van der Waals surface area contributed by atoms with Gasteiger partial charge < -0.3 is 5.32 Å². The number of hydrogen-bond donors (Lipinski definition) is 1. The number of nitrogens with zero attached hydrogens (tertiary/aromatic N) is 1. The van der Waals surface area contributed by atoms with Crippen molar-refractivity contribution in [2.45, 2.75) is 50.4 Å². The van der Waals surface area contributed by atoms with Crippen LogP contribution in [-0.2, 0) is 6.54 Å². The molecule has 176 valence electrons. The number of rotatable bonds is 5. The average Bonchev–Trinajstić information content (AvgIpc) is 3.11. The minimum atomic E-state index is -0.196. The van der Waals surface area contributed by atoms with Gasteiger partial charge in [0.2, 0.25) is 0 Å². The van der Waals surface area contributed by atoms with E-state index >= 15 is 0 Å². The summed E-state index contributed by atoms with van der Waals surface area (Å²) < 4.78 is 13.5. The van der Waals surface area contributed by atoms with E-state index in [4.69, 9.17) is 0 Å². The Balaban J connectivity index is 1.14. The summed E-state index contributed by atoms with van der Waals surface area (Å²) in [7, 11) is 0. The van der Waals surface area contributed by atoms with Gasteiger partial charge in [0.25, 0.3) is 5.91 Å². The lowest BCUT2D eigenvalue weighted by molar-refractivity contribution is 0.0828. The molecule has 0 aliphatic carbocycles. The zero-order valence-corrected chi connectivity index (χ0v) is 19.7. The first-order valence-electron chi connectivity index (χ1n) is 12.5. The Morgan fingerprint density at radius 1 is 0.829 bits per heavy atom. The number of hydrogen-bond acceptors (Lipinski definition) is 2. The van der Waals surface area contributed by atoms with E-state index in [1.807, 2.05) is 66.7 Å². The predicted molar refractivity (Wildman–Crippen MR) is 139 cm³/mol. The first-order valence-corrected chi connectivity index (χ1v) is 12.5. The molecule has 4 heteroatoms. The van der Waals surface area contributed by atoms with Crippen LogP contribution in [0, 0.1) is 5.82 Å². The van der Waals surface area contributed by atoms with Gasteiger partial charge in [-0.25, -0.2) is 4.39 Å². The fourth-order valence-electron chi connectivity index (χ4n) is 6.04. The normalized spacial score (nSPS) is 21.8.